The van der Waals surface area contributed by atoms with Crippen LogP contribution in [0.15, 0.2) is 42.5 Å². The Morgan fingerprint density at radius 2 is 1.90 bits per heavy atom. The monoisotopic (exact) mass is 281 g/mol. The van der Waals surface area contributed by atoms with Gasteiger partial charge in [-0.2, -0.15) is 0 Å². The number of nitrogens with one attached hydrogen (secondary N) is 1. The average molecular weight is 281 g/mol. The van der Waals surface area contributed by atoms with E-state index in [1.807, 2.05) is 0 Å². The molecule has 0 radical (unpaired) electrons. The van der Waals surface area contributed by atoms with Crippen LogP contribution in [0.4, 0.5) is 0 Å². The van der Waals surface area contributed by atoms with E-state index in [4.69, 9.17) is 0 Å². The first-order chi connectivity index (χ1) is 10.3. The Morgan fingerprint density at radius 1 is 1.05 bits per heavy atom. The second-order valence-corrected chi connectivity index (χ2v) is 6.78. The molecular formula is C20H27N. The third kappa shape index (κ3) is 4.07. The number of hydrogen-bond acceptors (Lipinski definition) is 1. The minimum Gasteiger partial charge on any atom is -0.313 e. The Morgan fingerprint density at radius 3 is 2.76 bits per heavy atom. The van der Waals surface area contributed by atoms with E-state index < -0.39 is 0 Å². The zero-order chi connectivity index (χ0) is 14.5. The molecule has 1 aliphatic rings. The van der Waals surface area contributed by atoms with Gasteiger partial charge in [0.25, 0.3) is 0 Å². The molecule has 3 rings (SSSR count). The van der Waals surface area contributed by atoms with Gasteiger partial charge in [0.2, 0.25) is 0 Å². The lowest BCUT2D eigenvalue weighted by atomic mass is 9.81. The number of hydrogen-bond donors (Lipinski definition) is 1. The topological polar surface area (TPSA) is 12.0 Å². The standard InChI is InChI=1S/C20H27N/c1-16-5-4-6-17(13-16)11-12-21-15-18-9-10-19-7-2-3-8-20(19)14-18/h2-3,7-10,14,16-17,21H,4-6,11-13,15H2,1H3. The van der Waals surface area contributed by atoms with Crippen LogP contribution in [0.1, 0.15) is 44.6 Å². The molecule has 2 atom stereocenters. The molecule has 0 spiro atoms. The van der Waals surface area contributed by atoms with Gasteiger partial charge < -0.3 is 5.32 Å². The predicted octanol–water partition coefficient (Wildman–Crippen LogP) is 5.15. The van der Waals surface area contributed by atoms with E-state index in [0.29, 0.717) is 0 Å². The fraction of sp³-hybridized carbons (Fsp3) is 0.500. The molecule has 0 saturated heterocycles. The van der Waals surface area contributed by atoms with Gasteiger partial charge in [0.05, 0.1) is 0 Å². The summed E-state index contributed by atoms with van der Waals surface area (Å²) in [6, 6.07) is 15.4. The summed E-state index contributed by atoms with van der Waals surface area (Å²) in [5.41, 5.74) is 1.39. The molecule has 1 heteroatoms. The highest BCUT2D eigenvalue weighted by Gasteiger charge is 2.17. The number of benzene rings is 2. The van der Waals surface area contributed by atoms with E-state index >= 15 is 0 Å². The van der Waals surface area contributed by atoms with E-state index in [1.54, 1.807) is 0 Å². The van der Waals surface area contributed by atoms with Crippen LogP contribution >= 0.6 is 0 Å². The van der Waals surface area contributed by atoms with Crippen molar-refractivity contribution < 1.29 is 0 Å². The van der Waals surface area contributed by atoms with Crippen molar-refractivity contribution in [3.63, 3.8) is 0 Å². The molecule has 112 valence electrons. The first-order valence-corrected chi connectivity index (χ1v) is 8.49. The Labute approximate surface area is 128 Å². The summed E-state index contributed by atoms with van der Waals surface area (Å²) in [6.45, 7) is 4.56. The number of rotatable bonds is 5. The molecule has 2 unspecified atom stereocenters. The Hall–Kier alpha value is -1.34. The zero-order valence-corrected chi connectivity index (χ0v) is 13.1. The maximum absolute atomic E-state index is 3.63. The lowest BCUT2D eigenvalue weighted by Crippen LogP contribution is -2.21. The second kappa shape index (κ2) is 7.09. The zero-order valence-electron chi connectivity index (χ0n) is 13.1. The van der Waals surface area contributed by atoms with Crippen LogP contribution in [0.25, 0.3) is 10.8 Å². The average Bonchev–Trinajstić information content (AvgIpc) is 2.51. The van der Waals surface area contributed by atoms with Crippen LogP contribution in [0.5, 0.6) is 0 Å². The molecule has 0 amide bonds. The molecule has 1 N–H and O–H groups in total. The van der Waals surface area contributed by atoms with Crippen LogP contribution in [-0.4, -0.2) is 6.54 Å². The van der Waals surface area contributed by atoms with E-state index in [-0.39, 0.29) is 0 Å². The SMILES string of the molecule is CC1CCCC(CCNCc2ccc3ccccc3c2)C1. The van der Waals surface area contributed by atoms with Gasteiger partial charge in [0.1, 0.15) is 0 Å². The van der Waals surface area contributed by atoms with Crippen LogP contribution < -0.4 is 5.32 Å². The van der Waals surface area contributed by atoms with Crippen molar-refractivity contribution in [1.82, 2.24) is 5.32 Å². The quantitative estimate of drug-likeness (QED) is 0.748. The van der Waals surface area contributed by atoms with Gasteiger partial charge in [-0.1, -0.05) is 62.6 Å². The largest absolute Gasteiger partial charge is 0.313 e. The van der Waals surface area contributed by atoms with Gasteiger partial charge in [0, 0.05) is 6.54 Å². The van der Waals surface area contributed by atoms with E-state index in [1.165, 1.54) is 48.4 Å². The molecular weight excluding hydrogens is 254 g/mol. The van der Waals surface area contributed by atoms with Gasteiger partial charge in [-0.25, -0.2) is 0 Å². The minimum absolute atomic E-state index is 0.948. The third-order valence-electron chi connectivity index (χ3n) is 4.92. The lowest BCUT2D eigenvalue weighted by Gasteiger charge is -2.26. The third-order valence-corrected chi connectivity index (χ3v) is 4.92. The first-order valence-electron chi connectivity index (χ1n) is 8.49. The summed E-state index contributed by atoms with van der Waals surface area (Å²) in [4.78, 5) is 0. The maximum Gasteiger partial charge on any atom is 0.0205 e. The van der Waals surface area contributed by atoms with Gasteiger partial charge in [-0.3, -0.25) is 0 Å². The number of fused-ring (bicyclic) bond motifs is 1. The van der Waals surface area contributed by atoms with Crippen molar-refractivity contribution in [3.8, 4) is 0 Å². The van der Waals surface area contributed by atoms with Gasteiger partial charge in [-0.05, 0) is 53.6 Å². The van der Waals surface area contributed by atoms with Crippen molar-refractivity contribution in [2.45, 2.75) is 45.6 Å². The molecule has 21 heavy (non-hydrogen) atoms. The first kappa shape index (κ1) is 14.6. The highest BCUT2D eigenvalue weighted by Crippen LogP contribution is 2.30. The summed E-state index contributed by atoms with van der Waals surface area (Å²) in [5.74, 6) is 1.90. The smallest absolute Gasteiger partial charge is 0.0205 e. The highest BCUT2D eigenvalue weighted by atomic mass is 14.8. The highest BCUT2D eigenvalue weighted by molar-refractivity contribution is 5.82. The minimum atomic E-state index is 0.948. The summed E-state index contributed by atoms with van der Waals surface area (Å²) >= 11 is 0. The Kier molecular flexibility index (Phi) is 4.92. The molecule has 0 bridgehead atoms. The molecule has 2 aromatic carbocycles. The molecule has 2 aromatic rings. The molecule has 0 heterocycles. The summed E-state index contributed by atoms with van der Waals surface area (Å²) in [5, 5.41) is 6.30. The molecule has 1 aliphatic carbocycles. The van der Waals surface area contributed by atoms with Crippen molar-refractivity contribution >= 4 is 10.8 Å². The van der Waals surface area contributed by atoms with Crippen LogP contribution in [-0.2, 0) is 6.54 Å². The van der Waals surface area contributed by atoms with Crippen LogP contribution in [0, 0.1) is 11.8 Å². The molecule has 1 nitrogen and oxygen atoms in total. The summed E-state index contributed by atoms with van der Waals surface area (Å²) in [7, 11) is 0. The predicted molar refractivity (Wildman–Crippen MR) is 91.4 cm³/mol. The normalized spacial score (nSPS) is 22.5. The molecule has 1 saturated carbocycles. The van der Waals surface area contributed by atoms with E-state index in [9.17, 15) is 0 Å². The van der Waals surface area contributed by atoms with Crippen molar-refractivity contribution in [2.24, 2.45) is 11.8 Å². The van der Waals surface area contributed by atoms with E-state index in [0.717, 1.165) is 24.9 Å². The van der Waals surface area contributed by atoms with Crippen LogP contribution in [0.3, 0.4) is 0 Å². The Bertz CT molecular complexity index is 575. The summed E-state index contributed by atoms with van der Waals surface area (Å²) < 4.78 is 0. The van der Waals surface area contributed by atoms with Crippen molar-refractivity contribution in [1.29, 1.82) is 0 Å². The van der Waals surface area contributed by atoms with Gasteiger partial charge in [-0.15, -0.1) is 0 Å². The fourth-order valence-corrected chi connectivity index (χ4v) is 3.71. The molecule has 1 fully saturated rings. The Balaban J connectivity index is 1.46. The van der Waals surface area contributed by atoms with Gasteiger partial charge in [0.15, 0.2) is 0 Å². The fourth-order valence-electron chi connectivity index (χ4n) is 3.71. The van der Waals surface area contributed by atoms with E-state index in [2.05, 4.69) is 54.7 Å². The lowest BCUT2D eigenvalue weighted by molar-refractivity contribution is 0.267. The second-order valence-electron chi connectivity index (χ2n) is 6.78. The van der Waals surface area contributed by atoms with Crippen molar-refractivity contribution in [3.05, 3.63) is 48.0 Å². The van der Waals surface area contributed by atoms with Crippen molar-refractivity contribution in [2.75, 3.05) is 6.54 Å². The summed E-state index contributed by atoms with van der Waals surface area (Å²) in [6.07, 6.45) is 7.12. The molecule has 0 aromatic heterocycles. The molecule has 0 aliphatic heterocycles. The van der Waals surface area contributed by atoms with Gasteiger partial charge >= 0.3 is 0 Å². The maximum atomic E-state index is 3.63. The van der Waals surface area contributed by atoms with Crippen LogP contribution in [0.2, 0.25) is 0 Å².